The van der Waals surface area contributed by atoms with Crippen LogP contribution >= 0.6 is 7.14 Å². The fourth-order valence-corrected chi connectivity index (χ4v) is 6.55. The van der Waals surface area contributed by atoms with Gasteiger partial charge in [0.05, 0.1) is 7.14 Å². The van der Waals surface area contributed by atoms with Crippen LogP contribution in [0.2, 0.25) is 0 Å². The van der Waals surface area contributed by atoms with Crippen molar-refractivity contribution in [3.8, 4) is 0 Å². The number of aliphatic hydroxyl groups is 1. The monoisotopic (exact) mass is 280 g/mol. The van der Waals surface area contributed by atoms with Crippen LogP contribution in [0, 0.1) is 5.92 Å². The molecular formula is C16H25O2P. The van der Waals surface area contributed by atoms with Gasteiger partial charge in [-0.3, -0.25) is 0 Å². The Bertz CT molecular complexity index is 416. The zero-order valence-electron chi connectivity index (χ0n) is 11.6. The molecule has 0 aliphatic carbocycles. The predicted octanol–water partition coefficient (Wildman–Crippen LogP) is 3.77. The van der Waals surface area contributed by atoms with Gasteiger partial charge < -0.3 is 9.67 Å². The van der Waals surface area contributed by atoms with Crippen LogP contribution in [0.4, 0.5) is 0 Å². The largest absolute Gasteiger partial charge is 0.396 e. The fourth-order valence-electron chi connectivity index (χ4n) is 3.08. The molecule has 0 spiro atoms. The third-order valence-electron chi connectivity index (χ3n) is 4.13. The number of unbranched alkanes of at least 4 members (excludes halogenated alkanes) is 2. The van der Waals surface area contributed by atoms with Gasteiger partial charge in [0.25, 0.3) is 0 Å². The summed E-state index contributed by atoms with van der Waals surface area (Å²) >= 11 is 0. The van der Waals surface area contributed by atoms with Crippen LogP contribution in [-0.4, -0.2) is 30.2 Å². The molecule has 1 aliphatic rings. The Morgan fingerprint density at radius 2 is 1.95 bits per heavy atom. The Morgan fingerprint density at radius 1 is 1.16 bits per heavy atom. The van der Waals surface area contributed by atoms with E-state index in [9.17, 15) is 4.57 Å². The zero-order valence-corrected chi connectivity index (χ0v) is 12.5. The van der Waals surface area contributed by atoms with Crippen molar-refractivity contribution in [1.82, 2.24) is 0 Å². The fraction of sp³-hybridized carbons (Fsp3) is 0.625. The highest BCUT2D eigenvalue weighted by atomic mass is 31.2. The van der Waals surface area contributed by atoms with Crippen molar-refractivity contribution in [2.75, 3.05) is 25.1 Å². The Morgan fingerprint density at radius 3 is 2.68 bits per heavy atom. The first-order valence-corrected chi connectivity index (χ1v) is 9.70. The Hall–Kier alpha value is -0.590. The molecule has 1 aromatic rings. The minimum atomic E-state index is -1.88. The standard InChI is InChI=1S/C16H25O2P/c17-10-5-2-6-11-19(18)12-9-16(14-19)13-15-7-3-1-4-8-15/h1,3-4,7-8,16-17H,2,5-6,9-14H2. The lowest BCUT2D eigenvalue weighted by molar-refractivity contribution is 0.284. The summed E-state index contributed by atoms with van der Waals surface area (Å²) in [7, 11) is -1.88. The number of benzene rings is 1. The van der Waals surface area contributed by atoms with Gasteiger partial charge in [-0.25, -0.2) is 0 Å². The second-order valence-corrected chi connectivity index (χ2v) is 9.19. The van der Waals surface area contributed by atoms with Crippen LogP contribution in [0.15, 0.2) is 30.3 Å². The maximum Gasteiger partial charge on any atom is 0.0880 e. The van der Waals surface area contributed by atoms with Crippen LogP contribution in [-0.2, 0) is 11.0 Å². The third kappa shape index (κ3) is 4.78. The summed E-state index contributed by atoms with van der Waals surface area (Å²) in [5.41, 5.74) is 1.38. The van der Waals surface area contributed by atoms with Gasteiger partial charge in [0.1, 0.15) is 0 Å². The van der Waals surface area contributed by atoms with E-state index in [4.69, 9.17) is 5.11 Å². The minimum absolute atomic E-state index is 0.265. The van der Waals surface area contributed by atoms with Gasteiger partial charge >= 0.3 is 0 Å². The lowest BCUT2D eigenvalue weighted by atomic mass is 9.99. The summed E-state index contributed by atoms with van der Waals surface area (Å²) < 4.78 is 12.7. The summed E-state index contributed by atoms with van der Waals surface area (Å²) in [6.45, 7) is 0.265. The number of aliphatic hydroxyl groups excluding tert-OH is 1. The van der Waals surface area contributed by atoms with E-state index >= 15 is 0 Å². The normalized spacial score (nSPS) is 26.7. The summed E-state index contributed by atoms with van der Waals surface area (Å²) in [5, 5.41) is 8.76. The molecule has 1 aromatic carbocycles. The number of rotatable bonds is 7. The molecule has 2 atom stereocenters. The third-order valence-corrected chi connectivity index (χ3v) is 7.51. The van der Waals surface area contributed by atoms with Crippen LogP contribution < -0.4 is 0 Å². The smallest absolute Gasteiger partial charge is 0.0880 e. The van der Waals surface area contributed by atoms with Gasteiger partial charge in [-0.05, 0) is 37.2 Å². The second kappa shape index (κ2) is 7.26. The lowest BCUT2D eigenvalue weighted by Gasteiger charge is -2.12. The average Bonchev–Trinajstić information content (AvgIpc) is 2.78. The number of hydrogen-bond acceptors (Lipinski definition) is 2. The van der Waals surface area contributed by atoms with E-state index in [1.807, 2.05) is 6.07 Å². The molecule has 2 rings (SSSR count). The summed E-state index contributed by atoms with van der Waals surface area (Å²) in [6, 6.07) is 10.6. The maximum atomic E-state index is 12.7. The van der Waals surface area contributed by atoms with Crippen molar-refractivity contribution in [3.63, 3.8) is 0 Å². The van der Waals surface area contributed by atoms with Gasteiger partial charge in [0.2, 0.25) is 0 Å². The number of hydrogen-bond donors (Lipinski definition) is 1. The molecule has 19 heavy (non-hydrogen) atoms. The molecule has 0 radical (unpaired) electrons. The van der Waals surface area contributed by atoms with Crippen molar-refractivity contribution in [1.29, 1.82) is 0 Å². The van der Waals surface area contributed by atoms with E-state index in [1.54, 1.807) is 0 Å². The van der Waals surface area contributed by atoms with Crippen molar-refractivity contribution < 1.29 is 9.67 Å². The van der Waals surface area contributed by atoms with Crippen molar-refractivity contribution >= 4 is 7.14 Å². The van der Waals surface area contributed by atoms with Crippen LogP contribution in [0.25, 0.3) is 0 Å². The Labute approximate surface area is 116 Å². The van der Waals surface area contributed by atoms with E-state index in [0.29, 0.717) is 5.92 Å². The van der Waals surface area contributed by atoms with Gasteiger partial charge in [-0.15, -0.1) is 0 Å². The highest BCUT2D eigenvalue weighted by Crippen LogP contribution is 2.55. The first kappa shape index (κ1) is 14.8. The van der Waals surface area contributed by atoms with Crippen LogP contribution in [0.5, 0.6) is 0 Å². The SMILES string of the molecule is O=P1(CCCCCO)CCC(Cc2ccccc2)C1. The molecule has 0 saturated carbocycles. The zero-order chi connectivity index (χ0) is 13.6. The topological polar surface area (TPSA) is 37.3 Å². The highest BCUT2D eigenvalue weighted by Gasteiger charge is 2.33. The lowest BCUT2D eigenvalue weighted by Crippen LogP contribution is -2.03. The second-order valence-electron chi connectivity index (χ2n) is 5.82. The van der Waals surface area contributed by atoms with E-state index < -0.39 is 7.14 Å². The quantitative estimate of drug-likeness (QED) is 0.609. The first-order valence-electron chi connectivity index (χ1n) is 7.44. The van der Waals surface area contributed by atoms with Crippen LogP contribution in [0.1, 0.15) is 31.2 Å². The van der Waals surface area contributed by atoms with Crippen molar-refractivity contribution in [2.24, 2.45) is 5.92 Å². The van der Waals surface area contributed by atoms with Crippen molar-refractivity contribution in [3.05, 3.63) is 35.9 Å². The Balaban J connectivity index is 1.77. The van der Waals surface area contributed by atoms with Gasteiger partial charge in [0.15, 0.2) is 0 Å². The first-order chi connectivity index (χ1) is 9.22. The van der Waals surface area contributed by atoms with Crippen LogP contribution in [0.3, 0.4) is 0 Å². The molecule has 3 heteroatoms. The molecule has 0 aromatic heterocycles. The molecule has 0 bridgehead atoms. The molecule has 0 amide bonds. The Kier molecular flexibility index (Phi) is 5.66. The predicted molar refractivity (Wildman–Crippen MR) is 81.4 cm³/mol. The molecule has 1 fully saturated rings. The minimum Gasteiger partial charge on any atom is -0.396 e. The molecule has 2 nitrogen and oxygen atoms in total. The van der Waals surface area contributed by atoms with E-state index in [1.165, 1.54) is 5.56 Å². The molecule has 1 aliphatic heterocycles. The molecular weight excluding hydrogens is 255 g/mol. The average molecular weight is 280 g/mol. The highest BCUT2D eigenvalue weighted by molar-refractivity contribution is 7.64. The van der Waals surface area contributed by atoms with E-state index in [-0.39, 0.29) is 6.61 Å². The van der Waals surface area contributed by atoms with Gasteiger partial charge in [-0.2, -0.15) is 0 Å². The summed E-state index contributed by atoms with van der Waals surface area (Å²) in [4.78, 5) is 0. The molecule has 2 unspecified atom stereocenters. The van der Waals surface area contributed by atoms with E-state index in [2.05, 4.69) is 24.3 Å². The summed E-state index contributed by atoms with van der Waals surface area (Å²) in [5.74, 6) is 0.617. The summed E-state index contributed by atoms with van der Waals surface area (Å²) in [6.07, 6.45) is 7.91. The molecule has 106 valence electrons. The van der Waals surface area contributed by atoms with Gasteiger partial charge in [-0.1, -0.05) is 36.8 Å². The van der Waals surface area contributed by atoms with E-state index in [0.717, 1.165) is 50.6 Å². The van der Waals surface area contributed by atoms with Crippen molar-refractivity contribution in [2.45, 2.75) is 32.1 Å². The maximum absolute atomic E-state index is 12.7. The van der Waals surface area contributed by atoms with Gasteiger partial charge in [0, 0.05) is 25.1 Å². The molecule has 1 saturated heterocycles. The molecule has 1 heterocycles. The molecule has 1 N–H and O–H groups in total.